The van der Waals surface area contributed by atoms with E-state index in [1.807, 2.05) is 6.92 Å². The van der Waals surface area contributed by atoms with E-state index in [0.717, 1.165) is 32.4 Å². The smallest absolute Gasteiger partial charge is 0.261 e. The SMILES string of the molecule is CCC[C@@H](c1nc2c(F)cc(Br)cc2c(=O)n1CC)N1CCC[C@@H](C)C1. The summed E-state index contributed by atoms with van der Waals surface area (Å²) < 4.78 is 16.8. The highest BCUT2D eigenvalue weighted by molar-refractivity contribution is 9.10. The Hall–Kier alpha value is -1.27. The van der Waals surface area contributed by atoms with E-state index in [2.05, 4.69) is 34.7 Å². The van der Waals surface area contributed by atoms with Crippen molar-refractivity contribution in [3.05, 3.63) is 38.6 Å². The van der Waals surface area contributed by atoms with Gasteiger partial charge >= 0.3 is 0 Å². The van der Waals surface area contributed by atoms with E-state index < -0.39 is 5.82 Å². The third kappa shape index (κ3) is 3.72. The van der Waals surface area contributed by atoms with E-state index in [-0.39, 0.29) is 17.1 Å². The predicted octanol–water partition coefficient (Wildman–Crippen LogP) is 4.89. The summed E-state index contributed by atoms with van der Waals surface area (Å²) in [6.07, 6.45) is 4.31. The molecule has 0 amide bonds. The van der Waals surface area contributed by atoms with Gasteiger partial charge in [-0.1, -0.05) is 36.2 Å². The molecular formula is C20H27BrFN3O. The lowest BCUT2D eigenvalue weighted by Gasteiger charge is -2.37. The van der Waals surface area contributed by atoms with Crippen LogP contribution >= 0.6 is 15.9 Å². The van der Waals surface area contributed by atoms with Gasteiger partial charge in [0.15, 0.2) is 5.82 Å². The van der Waals surface area contributed by atoms with Crippen LogP contribution < -0.4 is 5.56 Å². The third-order valence-electron chi connectivity index (χ3n) is 5.31. The van der Waals surface area contributed by atoms with Crippen LogP contribution in [0, 0.1) is 11.7 Å². The molecule has 0 aliphatic carbocycles. The average Bonchev–Trinajstić information content (AvgIpc) is 2.60. The highest BCUT2D eigenvalue weighted by atomic mass is 79.9. The van der Waals surface area contributed by atoms with Gasteiger partial charge in [-0.05, 0) is 50.8 Å². The zero-order chi connectivity index (χ0) is 18.8. The van der Waals surface area contributed by atoms with Crippen LogP contribution in [-0.2, 0) is 6.54 Å². The maximum atomic E-state index is 14.5. The standard InChI is InChI=1S/C20H27BrFN3O/c1-4-7-17(24-9-6-8-13(3)12-24)19-23-18-15(20(26)25(19)5-2)10-14(21)11-16(18)22/h10-11,13,17H,4-9,12H2,1-3H3/t13-,17+/m1/s1. The molecule has 0 radical (unpaired) electrons. The van der Waals surface area contributed by atoms with Crippen molar-refractivity contribution in [3.8, 4) is 0 Å². The summed E-state index contributed by atoms with van der Waals surface area (Å²) in [5.74, 6) is 0.901. The maximum Gasteiger partial charge on any atom is 0.261 e. The molecule has 1 fully saturated rings. The molecule has 1 aromatic carbocycles. The van der Waals surface area contributed by atoms with Crippen molar-refractivity contribution in [3.63, 3.8) is 0 Å². The fourth-order valence-electron chi connectivity index (χ4n) is 4.08. The minimum atomic E-state index is -0.446. The molecule has 1 saturated heterocycles. The van der Waals surface area contributed by atoms with E-state index in [9.17, 15) is 9.18 Å². The minimum absolute atomic E-state index is 0.0582. The van der Waals surface area contributed by atoms with Crippen molar-refractivity contribution in [1.82, 2.24) is 14.5 Å². The van der Waals surface area contributed by atoms with Crippen LogP contribution in [0.3, 0.4) is 0 Å². The van der Waals surface area contributed by atoms with Gasteiger partial charge in [0, 0.05) is 17.6 Å². The first kappa shape index (κ1) is 19.5. The summed E-state index contributed by atoms with van der Waals surface area (Å²) in [4.78, 5) is 20.2. The lowest BCUT2D eigenvalue weighted by molar-refractivity contribution is 0.114. The number of fused-ring (bicyclic) bond motifs is 1. The number of hydrogen-bond donors (Lipinski definition) is 0. The number of likely N-dealkylation sites (tertiary alicyclic amines) is 1. The normalized spacial score (nSPS) is 19.8. The second kappa shape index (κ2) is 8.17. The number of nitrogens with zero attached hydrogens (tertiary/aromatic N) is 3. The molecule has 0 unspecified atom stereocenters. The summed E-state index contributed by atoms with van der Waals surface area (Å²) >= 11 is 3.28. The molecule has 2 heterocycles. The maximum absolute atomic E-state index is 14.5. The first-order chi connectivity index (χ1) is 12.5. The van der Waals surface area contributed by atoms with Gasteiger partial charge in [0.1, 0.15) is 11.3 Å². The Kier molecular flexibility index (Phi) is 6.13. The predicted molar refractivity (Wildman–Crippen MR) is 107 cm³/mol. The molecule has 0 N–H and O–H groups in total. The van der Waals surface area contributed by atoms with Crippen LogP contribution in [0.1, 0.15) is 58.3 Å². The van der Waals surface area contributed by atoms with E-state index in [4.69, 9.17) is 4.98 Å². The van der Waals surface area contributed by atoms with Crippen LogP contribution in [0.4, 0.5) is 4.39 Å². The highest BCUT2D eigenvalue weighted by Crippen LogP contribution is 2.30. The minimum Gasteiger partial charge on any atom is -0.295 e. The largest absolute Gasteiger partial charge is 0.295 e. The molecule has 1 aliphatic rings. The third-order valence-corrected chi connectivity index (χ3v) is 5.77. The van der Waals surface area contributed by atoms with Gasteiger partial charge in [-0.3, -0.25) is 14.3 Å². The van der Waals surface area contributed by atoms with Crippen molar-refractivity contribution >= 4 is 26.8 Å². The second-order valence-electron chi connectivity index (χ2n) is 7.35. The van der Waals surface area contributed by atoms with Crippen LogP contribution in [0.15, 0.2) is 21.4 Å². The molecule has 4 nitrogen and oxygen atoms in total. The van der Waals surface area contributed by atoms with Gasteiger partial charge in [-0.15, -0.1) is 0 Å². The Morgan fingerprint density at radius 3 is 2.81 bits per heavy atom. The molecule has 3 rings (SSSR count). The summed E-state index contributed by atoms with van der Waals surface area (Å²) in [6, 6.07) is 3.11. The Morgan fingerprint density at radius 2 is 2.15 bits per heavy atom. The van der Waals surface area contributed by atoms with E-state index in [0.29, 0.717) is 28.1 Å². The van der Waals surface area contributed by atoms with Gasteiger partial charge < -0.3 is 0 Å². The molecule has 6 heteroatoms. The molecule has 2 atom stereocenters. The average molecular weight is 424 g/mol. The van der Waals surface area contributed by atoms with Crippen molar-refractivity contribution < 1.29 is 4.39 Å². The topological polar surface area (TPSA) is 38.1 Å². The summed E-state index contributed by atoms with van der Waals surface area (Å²) in [5.41, 5.74) is 0.0305. The van der Waals surface area contributed by atoms with Gasteiger partial charge in [0.25, 0.3) is 5.56 Å². The van der Waals surface area contributed by atoms with Crippen molar-refractivity contribution in [2.75, 3.05) is 13.1 Å². The molecule has 0 saturated carbocycles. The van der Waals surface area contributed by atoms with E-state index in [1.54, 1.807) is 10.6 Å². The first-order valence-electron chi connectivity index (χ1n) is 9.59. The second-order valence-corrected chi connectivity index (χ2v) is 8.27. The quantitative estimate of drug-likeness (QED) is 0.686. The molecule has 2 aromatic rings. The Bertz CT molecular complexity index is 851. The monoisotopic (exact) mass is 423 g/mol. The summed E-state index contributed by atoms with van der Waals surface area (Å²) in [7, 11) is 0. The van der Waals surface area contributed by atoms with Gasteiger partial charge in [0.2, 0.25) is 0 Å². The van der Waals surface area contributed by atoms with Crippen molar-refractivity contribution in [1.29, 1.82) is 0 Å². The van der Waals surface area contributed by atoms with Crippen LogP contribution in [0.2, 0.25) is 0 Å². The Labute approximate surface area is 162 Å². The molecule has 0 bridgehead atoms. The fourth-order valence-corrected chi connectivity index (χ4v) is 4.51. The number of rotatable bonds is 5. The molecule has 0 spiro atoms. The molecule has 1 aliphatic heterocycles. The number of benzene rings is 1. The lowest BCUT2D eigenvalue weighted by atomic mass is 9.97. The first-order valence-corrected chi connectivity index (χ1v) is 10.4. The Morgan fingerprint density at radius 1 is 1.38 bits per heavy atom. The van der Waals surface area contributed by atoms with Gasteiger partial charge in [0.05, 0.1) is 11.4 Å². The zero-order valence-corrected chi connectivity index (χ0v) is 17.4. The van der Waals surface area contributed by atoms with Crippen LogP contribution in [0.25, 0.3) is 10.9 Å². The molecular weight excluding hydrogens is 397 g/mol. The summed E-state index contributed by atoms with van der Waals surface area (Å²) in [6.45, 7) is 8.92. The number of aromatic nitrogens is 2. The molecule has 26 heavy (non-hydrogen) atoms. The van der Waals surface area contributed by atoms with Crippen LogP contribution in [0.5, 0.6) is 0 Å². The Balaban J connectivity index is 2.18. The molecule has 1 aromatic heterocycles. The van der Waals surface area contributed by atoms with E-state index >= 15 is 0 Å². The van der Waals surface area contributed by atoms with Crippen molar-refractivity contribution in [2.45, 2.75) is 59.0 Å². The summed E-state index contributed by atoms with van der Waals surface area (Å²) in [5, 5.41) is 0.338. The lowest BCUT2D eigenvalue weighted by Crippen LogP contribution is -2.40. The number of halogens is 2. The fraction of sp³-hybridized carbons (Fsp3) is 0.600. The highest BCUT2D eigenvalue weighted by Gasteiger charge is 2.28. The molecule has 142 valence electrons. The van der Waals surface area contributed by atoms with Crippen LogP contribution in [-0.4, -0.2) is 27.5 Å². The zero-order valence-electron chi connectivity index (χ0n) is 15.8. The van der Waals surface area contributed by atoms with Gasteiger partial charge in [-0.25, -0.2) is 9.37 Å². The van der Waals surface area contributed by atoms with Gasteiger partial charge in [-0.2, -0.15) is 0 Å². The number of piperidine rings is 1. The number of hydrogen-bond acceptors (Lipinski definition) is 3. The van der Waals surface area contributed by atoms with E-state index in [1.165, 1.54) is 12.5 Å². The van der Waals surface area contributed by atoms with Crippen molar-refractivity contribution in [2.24, 2.45) is 5.92 Å².